The van der Waals surface area contributed by atoms with Gasteiger partial charge in [-0.05, 0) is 41.8 Å². The van der Waals surface area contributed by atoms with Crippen LogP contribution in [0.4, 0.5) is 17.5 Å². The maximum absolute atomic E-state index is 12.8. The van der Waals surface area contributed by atoms with Gasteiger partial charge in [0.15, 0.2) is 5.65 Å². The molecule has 8 nitrogen and oxygen atoms in total. The van der Waals surface area contributed by atoms with Gasteiger partial charge in [0.05, 0.1) is 34.3 Å². The molecule has 0 atom stereocenters. The molecule has 5 rings (SSSR count). The van der Waals surface area contributed by atoms with E-state index in [9.17, 15) is 4.79 Å². The third kappa shape index (κ3) is 3.59. The average molecular weight is 455 g/mol. The molecule has 156 valence electrons. The Bertz CT molecular complexity index is 1370. The van der Waals surface area contributed by atoms with Gasteiger partial charge in [0.1, 0.15) is 5.82 Å². The summed E-state index contributed by atoms with van der Waals surface area (Å²) in [4.78, 5) is 25.5. The molecule has 0 bridgehead atoms. The number of aromatic nitrogens is 4. The maximum atomic E-state index is 12.8. The predicted molar refractivity (Wildman–Crippen MR) is 120 cm³/mol. The van der Waals surface area contributed by atoms with Crippen LogP contribution in [-0.4, -0.2) is 26.1 Å². The molecule has 0 aliphatic carbocycles. The number of hydrogen-bond acceptors (Lipinski definition) is 7. The molecule has 2 aromatic heterocycles. The zero-order chi connectivity index (χ0) is 21.5. The predicted octanol–water partition coefficient (Wildman–Crippen LogP) is 3.88. The molecule has 10 heteroatoms. The molecule has 3 heterocycles. The van der Waals surface area contributed by atoms with Gasteiger partial charge in [-0.3, -0.25) is 0 Å². The number of nitrogen functional groups attached to an aromatic ring is 1. The lowest BCUT2D eigenvalue weighted by Crippen LogP contribution is -2.25. The van der Waals surface area contributed by atoms with Crippen LogP contribution in [0.3, 0.4) is 0 Å². The minimum atomic E-state index is -0.640. The number of nitrogens with two attached hydrogens (primary N) is 1. The maximum Gasteiger partial charge on any atom is 0.355 e. The Balaban J connectivity index is 1.55. The molecule has 0 spiro atoms. The van der Waals surface area contributed by atoms with Crippen molar-refractivity contribution >= 4 is 51.7 Å². The molecule has 1 aliphatic heterocycles. The Morgan fingerprint density at radius 2 is 1.90 bits per heavy atom. The lowest BCUT2D eigenvalue weighted by atomic mass is 10.0. The Kier molecular flexibility index (Phi) is 4.97. The van der Waals surface area contributed by atoms with Crippen molar-refractivity contribution in [3.8, 4) is 5.69 Å². The van der Waals surface area contributed by atoms with Crippen molar-refractivity contribution in [1.82, 2.24) is 19.5 Å². The lowest BCUT2D eigenvalue weighted by Gasteiger charge is -2.17. The van der Waals surface area contributed by atoms with Crippen LogP contribution in [0.2, 0.25) is 10.0 Å². The number of anilines is 3. The normalized spacial score (nSPS) is 13.2. The van der Waals surface area contributed by atoms with Crippen LogP contribution >= 0.6 is 23.2 Å². The minimum Gasteiger partial charge on any atom is -0.384 e. The Morgan fingerprint density at radius 1 is 1.10 bits per heavy atom. The highest BCUT2D eigenvalue weighted by atomic mass is 35.5. The topological polar surface area (TPSA) is 108 Å². The molecule has 1 aliphatic rings. The van der Waals surface area contributed by atoms with Crippen molar-refractivity contribution in [2.75, 3.05) is 17.7 Å². The van der Waals surface area contributed by atoms with Crippen LogP contribution in [-0.2, 0) is 17.8 Å². The molecular weight excluding hydrogens is 439 g/mol. The third-order valence-electron chi connectivity index (χ3n) is 5.08. The first-order valence-electron chi connectivity index (χ1n) is 9.47. The van der Waals surface area contributed by atoms with Crippen molar-refractivity contribution in [2.24, 2.45) is 0 Å². The van der Waals surface area contributed by atoms with Crippen LogP contribution < -0.4 is 16.7 Å². The summed E-state index contributed by atoms with van der Waals surface area (Å²) in [6, 6.07) is 10.9. The van der Waals surface area contributed by atoms with Gasteiger partial charge < -0.3 is 15.8 Å². The van der Waals surface area contributed by atoms with Crippen molar-refractivity contribution in [1.29, 1.82) is 0 Å². The fraction of sp³-hybridized carbons (Fsp3) is 0.143. The van der Waals surface area contributed by atoms with E-state index >= 15 is 0 Å². The quantitative estimate of drug-likeness (QED) is 0.483. The molecule has 0 amide bonds. The summed E-state index contributed by atoms with van der Waals surface area (Å²) in [6.07, 6.45) is 2.37. The van der Waals surface area contributed by atoms with Crippen LogP contribution in [0.25, 0.3) is 16.7 Å². The van der Waals surface area contributed by atoms with Gasteiger partial charge in [-0.1, -0.05) is 35.3 Å². The second-order valence-corrected chi connectivity index (χ2v) is 7.84. The fourth-order valence-corrected chi connectivity index (χ4v) is 4.12. The largest absolute Gasteiger partial charge is 0.384 e. The number of halogens is 2. The summed E-state index contributed by atoms with van der Waals surface area (Å²) in [5, 5.41) is 4.12. The van der Waals surface area contributed by atoms with Gasteiger partial charge >= 0.3 is 5.69 Å². The van der Waals surface area contributed by atoms with Gasteiger partial charge in [0.2, 0.25) is 5.95 Å². The van der Waals surface area contributed by atoms with E-state index in [0.29, 0.717) is 24.5 Å². The number of nitrogens with zero attached hydrogens (tertiary/aromatic N) is 4. The summed E-state index contributed by atoms with van der Waals surface area (Å²) in [5.74, 6) is 0.407. The molecule has 0 unspecified atom stereocenters. The highest BCUT2D eigenvalue weighted by molar-refractivity contribution is 6.37. The lowest BCUT2D eigenvalue weighted by molar-refractivity contribution is 0.111. The zero-order valence-corrected chi connectivity index (χ0v) is 17.6. The molecular formula is C21H16Cl2N6O2. The minimum absolute atomic E-state index is 0.102. The Hall–Kier alpha value is -3.20. The summed E-state index contributed by atoms with van der Waals surface area (Å²) >= 11 is 12.5. The van der Waals surface area contributed by atoms with Crippen molar-refractivity contribution in [3.05, 3.63) is 74.3 Å². The van der Waals surface area contributed by atoms with E-state index < -0.39 is 5.69 Å². The van der Waals surface area contributed by atoms with Gasteiger partial charge in [0, 0.05) is 11.9 Å². The molecule has 0 saturated carbocycles. The van der Waals surface area contributed by atoms with E-state index in [1.165, 1.54) is 17.3 Å². The number of para-hydroxylation sites is 1. The number of nitrogens with one attached hydrogen (secondary N) is 1. The van der Waals surface area contributed by atoms with Crippen molar-refractivity contribution in [3.63, 3.8) is 0 Å². The van der Waals surface area contributed by atoms with E-state index in [1.54, 1.807) is 18.2 Å². The molecule has 4 aromatic rings. The number of rotatable bonds is 3. The van der Waals surface area contributed by atoms with Gasteiger partial charge in [-0.2, -0.15) is 9.97 Å². The van der Waals surface area contributed by atoms with Crippen LogP contribution in [0, 0.1) is 0 Å². The molecule has 0 fully saturated rings. The average Bonchev–Trinajstić information content (AvgIpc) is 2.75. The SMILES string of the molecule is Nc1c2cnc(Nc3ccc4c(c3)CCOC4)nc2nc(=O)n1-c1c(Cl)cccc1Cl. The van der Waals surface area contributed by atoms with Gasteiger partial charge in [0.25, 0.3) is 0 Å². The molecule has 0 radical (unpaired) electrons. The fourth-order valence-electron chi connectivity index (χ4n) is 3.55. The van der Waals surface area contributed by atoms with E-state index in [4.69, 9.17) is 33.7 Å². The van der Waals surface area contributed by atoms with Gasteiger partial charge in [-0.15, -0.1) is 0 Å². The van der Waals surface area contributed by atoms with Crippen LogP contribution in [0.15, 0.2) is 47.4 Å². The van der Waals surface area contributed by atoms with Crippen molar-refractivity contribution in [2.45, 2.75) is 13.0 Å². The zero-order valence-electron chi connectivity index (χ0n) is 16.1. The molecule has 2 aromatic carbocycles. The first kappa shape index (κ1) is 19.7. The van der Waals surface area contributed by atoms with Crippen LogP contribution in [0.1, 0.15) is 11.1 Å². The summed E-state index contributed by atoms with van der Waals surface area (Å²) in [5.41, 5.74) is 9.29. The Morgan fingerprint density at radius 3 is 2.71 bits per heavy atom. The highest BCUT2D eigenvalue weighted by Crippen LogP contribution is 2.30. The molecule has 31 heavy (non-hydrogen) atoms. The Labute approximate surface area is 186 Å². The number of ether oxygens (including phenoxy) is 1. The summed E-state index contributed by atoms with van der Waals surface area (Å²) < 4.78 is 6.63. The smallest absolute Gasteiger partial charge is 0.355 e. The first-order chi connectivity index (χ1) is 15.0. The van der Waals surface area contributed by atoms with Crippen LogP contribution in [0.5, 0.6) is 0 Å². The second kappa shape index (κ2) is 7.81. The second-order valence-electron chi connectivity index (χ2n) is 7.03. The van der Waals surface area contributed by atoms with E-state index in [-0.39, 0.29) is 27.2 Å². The number of fused-ring (bicyclic) bond motifs is 2. The molecule has 0 saturated heterocycles. The molecule has 3 N–H and O–H groups in total. The van der Waals surface area contributed by atoms with E-state index in [2.05, 4.69) is 20.3 Å². The monoisotopic (exact) mass is 454 g/mol. The number of hydrogen-bond donors (Lipinski definition) is 2. The van der Waals surface area contributed by atoms with Crippen molar-refractivity contribution < 1.29 is 4.74 Å². The van der Waals surface area contributed by atoms with E-state index in [1.807, 2.05) is 18.2 Å². The summed E-state index contributed by atoms with van der Waals surface area (Å²) in [7, 11) is 0. The third-order valence-corrected chi connectivity index (χ3v) is 5.69. The van der Waals surface area contributed by atoms with E-state index in [0.717, 1.165) is 16.7 Å². The first-order valence-corrected chi connectivity index (χ1v) is 10.2. The standard InChI is InChI=1S/C21H16Cl2N6O2/c22-15-2-1-3-16(23)17(15)29-18(24)14-9-25-20(27-19(14)28-21(29)30)26-13-5-4-12-10-31-7-6-11(12)8-13/h1-5,8-9H,6-7,10,24H2,(H,26,27,28,30). The highest BCUT2D eigenvalue weighted by Gasteiger charge is 2.17. The summed E-state index contributed by atoms with van der Waals surface area (Å²) in [6.45, 7) is 1.32. The van der Waals surface area contributed by atoms with Gasteiger partial charge in [-0.25, -0.2) is 14.3 Å². The number of benzene rings is 2.